The molecule has 1 aromatic rings. The second kappa shape index (κ2) is 5.30. The molecule has 5 heteroatoms. The number of nitrogens with one attached hydrogen (secondary N) is 2. The Morgan fingerprint density at radius 3 is 2.56 bits per heavy atom. The molecule has 5 nitrogen and oxygen atoms in total. The van der Waals surface area contributed by atoms with Crippen molar-refractivity contribution in [2.24, 2.45) is 0 Å². The van der Waals surface area contributed by atoms with Gasteiger partial charge in [-0.1, -0.05) is 19.3 Å². The molecule has 2 rings (SSSR count). The summed E-state index contributed by atoms with van der Waals surface area (Å²) >= 11 is 0. The number of rotatable bonds is 4. The summed E-state index contributed by atoms with van der Waals surface area (Å²) in [4.78, 5) is 0. The molecule has 0 atom stereocenters. The Bertz CT molecular complexity index is 327. The van der Waals surface area contributed by atoms with Crippen LogP contribution in [0.4, 0.5) is 5.95 Å². The average Bonchev–Trinajstić information content (AvgIpc) is 2.74. The Kier molecular flexibility index (Phi) is 3.77. The van der Waals surface area contributed by atoms with E-state index in [1.165, 1.54) is 32.1 Å². The minimum atomic E-state index is 0.578. The smallest absolute Gasteiger partial charge is 0.224 e. The van der Waals surface area contributed by atoms with Crippen molar-refractivity contribution in [1.29, 1.82) is 0 Å². The van der Waals surface area contributed by atoms with Crippen LogP contribution in [0.2, 0.25) is 0 Å². The van der Waals surface area contributed by atoms with Crippen LogP contribution >= 0.6 is 0 Å². The lowest BCUT2D eigenvalue weighted by Crippen LogP contribution is -2.20. The van der Waals surface area contributed by atoms with Crippen LogP contribution in [-0.2, 0) is 6.54 Å². The van der Waals surface area contributed by atoms with Gasteiger partial charge in [-0.05, 0) is 19.9 Å². The van der Waals surface area contributed by atoms with Crippen LogP contribution in [0.25, 0.3) is 0 Å². The van der Waals surface area contributed by atoms with E-state index in [2.05, 4.69) is 25.4 Å². The van der Waals surface area contributed by atoms with Crippen LogP contribution in [0.3, 0.4) is 0 Å². The van der Waals surface area contributed by atoms with Gasteiger partial charge >= 0.3 is 0 Å². The van der Waals surface area contributed by atoms with Crippen molar-refractivity contribution < 1.29 is 0 Å². The third kappa shape index (κ3) is 2.19. The molecule has 90 valence electrons. The molecule has 1 fully saturated rings. The summed E-state index contributed by atoms with van der Waals surface area (Å²) in [6.07, 6.45) is 6.53. The SMILES string of the molecule is CNCc1nnc(NC)n1C1CCCCC1. The molecule has 0 unspecified atom stereocenters. The van der Waals surface area contributed by atoms with E-state index in [0.717, 1.165) is 18.3 Å². The molecule has 1 heterocycles. The molecule has 1 saturated carbocycles. The lowest BCUT2D eigenvalue weighted by molar-refractivity contribution is 0.347. The fraction of sp³-hybridized carbons (Fsp3) is 0.818. The van der Waals surface area contributed by atoms with Crippen molar-refractivity contribution in [3.05, 3.63) is 5.82 Å². The summed E-state index contributed by atoms with van der Waals surface area (Å²) in [6, 6.07) is 0.578. The van der Waals surface area contributed by atoms with Gasteiger partial charge in [0.2, 0.25) is 5.95 Å². The topological polar surface area (TPSA) is 54.8 Å². The average molecular weight is 223 g/mol. The number of anilines is 1. The molecule has 0 amide bonds. The summed E-state index contributed by atoms with van der Waals surface area (Å²) in [5, 5.41) is 14.7. The first-order valence-electron chi connectivity index (χ1n) is 6.13. The first kappa shape index (κ1) is 11.4. The summed E-state index contributed by atoms with van der Waals surface area (Å²) < 4.78 is 2.27. The largest absolute Gasteiger partial charge is 0.357 e. The molecule has 1 aliphatic carbocycles. The summed E-state index contributed by atoms with van der Waals surface area (Å²) in [5.74, 6) is 1.94. The van der Waals surface area contributed by atoms with Gasteiger partial charge < -0.3 is 10.6 Å². The van der Waals surface area contributed by atoms with Crippen molar-refractivity contribution in [1.82, 2.24) is 20.1 Å². The zero-order valence-corrected chi connectivity index (χ0v) is 10.2. The molecule has 0 radical (unpaired) electrons. The zero-order chi connectivity index (χ0) is 11.4. The van der Waals surface area contributed by atoms with E-state index < -0.39 is 0 Å². The molecule has 1 aliphatic rings. The van der Waals surface area contributed by atoms with Crippen LogP contribution in [0.5, 0.6) is 0 Å². The van der Waals surface area contributed by atoms with Crippen LogP contribution < -0.4 is 10.6 Å². The van der Waals surface area contributed by atoms with E-state index in [1.807, 2.05) is 14.1 Å². The number of hydrogen-bond donors (Lipinski definition) is 2. The molecule has 0 aliphatic heterocycles. The first-order chi connectivity index (χ1) is 7.86. The van der Waals surface area contributed by atoms with E-state index >= 15 is 0 Å². The zero-order valence-electron chi connectivity index (χ0n) is 10.2. The minimum Gasteiger partial charge on any atom is -0.357 e. The quantitative estimate of drug-likeness (QED) is 0.813. The summed E-state index contributed by atoms with van der Waals surface area (Å²) in [5.41, 5.74) is 0. The fourth-order valence-corrected chi connectivity index (χ4v) is 2.50. The van der Waals surface area contributed by atoms with Gasteiger partial charge in [0.05, 0.1) is 6.54 Å². The van der Waals surface area contributed by atoms with E-state index in [4.69, 9.17) is 0 Å². The molecule has 16 heavy (non-hydrogen) atoms. The van der Waals surface area contributed by atoms with Gasteiger partial charge in [0.1, 0.15) is 5.82 Å². The third-order valence-electron chi connectivity index (χ3n) is 3.26. The Labute approximate surface area is 96.6 Å². The second-order valence-electron chi connectivity index (χ2n) is 4.38. The van der Waals surface area contributed by atoms with Gasteiger partial charge in [-0.2, -0.15) is 0 Å². The van der Waals surface area contributed by atoms with Crippen molar-refractivity contribution in [2.45, 2.75) is 44.7 Å². The highest BCUT2D eigenvalue weighted by atomic mass is 15.4. The predicted molar refractivity (Wildman–Crippen MR) is 64.5 cm³/mol. The maximum Gasteiger partial charge on any atom is 0.224 e. The Balaban J connectivity index is 2.23. The molecule has 1 aromatic heterocycles. The fourth-order valence-electron chi connectivity index (χ4n) is 2.50. The van der Waals surface area contributed by atoms with Crippen molar-refractivity contribution in [3.63, 3.8) is 0 Å². The van der Waals surface area contributed by atoms with Gasteiger partial charge in [0.25, 0.3) is 0 Å². The van der Waals surface area contributed by atoms with E-state index in [1.54, 1.807) is 0 Å². The molecule has 2 N–H and O–H groups in total. The summed E-state index contributed by atoms with van der Waals surface area (Å²) in [7, 11) is 3.85. The van der Waals surface area contributed by atoms with Gasteiger partial charge in [-0.15, -0.1) is 10.2 Å². The monoisotopic (exact) mass is 223 g/mol. The van der Waals surface area contributed by atoms with Gasteiger partial charge in [0, 0.05) is 13.1 Å². The van der Waals surface area contributed by atoms with Crippen LogP contribution in [0, 0.1) is 0 Å². The van der Waals surface area contributed by atoms with Crippen molar-refractivity contribution in [2.75, 3.05) is 19.4 Å². The second-order valence-corrected chi connectivity index (χ2v) is 4.38. The molecule has 0 bridgehead atoms. The minimum absolute atomic E-state index is 0.578. The third-order valence-corrected chi connectivity index (χ3v) is 3.26. The molecule has 0 saturated heterocycles. The van der Waals surface area contributed by atoms with Crippen LogP contribution in [0.15, 0.2) is 0 Å². The van der Waals surface area contributed by atoms with E-state index in [-0.39, 0.29) is 0 Å². The summed E-state index contributed by atoms with van der Waals surface area (Å²) in [6.45, 7) is 0.783. The van der Waals surface area contributed by atoms with E-state index in [9.17, 15) is 0 Å². The molecule has 0 aromatic carbocycles. The van der Waals surface area contributed by atoms with Crippen molar-refractivity contribution >= 4 is 5.95 Å². The first-order valence-corrected chi connectivity index (χ1v) is 6.13. The van der Waals surface area contributed by atoms with Gasteiger partial charge in [-0.25, -0.2) is 0 Å². The van der Waals surface area contributed by atoms with Crippen molar-refractivity contribution in [3.8, 4) is 0 Å². The Hall–Kier alpha value is -1.10. The highest BCUT2D eigenvalue weighted by Crippen LogP contribution is 2.31. The van der Waals surface area contributed by atoms with E-state index in [0.29, 0.717) is 6.04 Å². The maximum absolute atomic E-state index is 4.24. The molecule has 0 spiro atoms. The van der Waals surface area contributed by atoms with Crippen LogP contribution in [-0.4, -0.2) is 28.9 Å². The molecular formula is C11H21N5. The maximum atomic E-state index is 4.24. The number of hydrogen-bond acceptors (Lipinski definition) is 4. The number of nitrogens with zero attached hydrogens (tertiary/aromatic N) is 3. The van der Waals surface area contributed by atoms with Gasteiger partial charge in [0.15, 0.2) is 0 Å². The normalized spacial score (nSPS) is 17.6. The highest BCUT2D eigenvalue weighted by molar-refractivity contribution is 5.25. The predicted octanol–water partition coefficient (Wildman–Crippen LogP) is 1.54. The molecular weight excluding hydrogens is 202 g/mol. The lowest BCUT2D eigenvalue weighted by Gasteiger charge is -2.25. The Morgan fingerprint density at radius 2 is 1.94 bits per heavy atom. The lowest BCUT2D eigenvalue weighted by atomic mass is 9.95. The van der Waals surface area contributed by atoms with Crippen LogP contribution in [0.1, 0.15) is 44.0 Å². The Morgan fingerprint density at radius 1 is 1.19 bits per heavy atom. The standard InChI is InChI=1S/C11H21N5/c1-12-8-10-14-15-11(13-2)16(10)9-6-4-3-5-7-9/h9,12H,3-8H2,1-2H3,(H,13,15). The number of aromatic nitrogens is 3. The van der Waals surface area contributed by atoms with Gasteiger partial charge in [-0.3, -0.25) is 4.57 Å². The highest BCUT2D eigenvalue weighted by Gasteiger charge is 2.21.